The van der Waals surface area contributed by atoms with Gasteiger partial charge in [0.2, 0.25) is 0 Å². The van der Waals surface area contributed by atoms with E-state index in [4.69, 9.17) is 5.11 Å². The van der Waals surface area contributed by atoms with Crippen LogP contribution in [0.25, 0.3) is 11.2 Å². The molecule has 0 aromatic carbocycles. The first-order valence-electron chi connectivity index (χ1n) is 7.84. The molecule has 2 rings (SSSR count). The van der Waals surface area contributed by atoms with Crippen molar-refractivity contribution in [3.8, 4) is 11.8 Å². The molecular weight excluding hydrogens is 294 g/mol. The number of carboxylic acid groups (broad SMARTS) is 1. The van der Waals surface area contributed by atoms with Crippen LogP contribution in [-0.2, 0) is 6.54 Å². The van der Waals surface area contributed by atoms with Gasteiger partial charge in [-0.2, -0.15) is 0 Å². The van der Waals surface area contributed by atoms with Crippen molar-refractivity contribution in [1.82, 2.24) is 14.1 Å². The van der Waals surface area contributed by atoms with Crippen molar-refractivity contribution < 1.29 is 9.90 Å². The number of aromatic carboxylic acids is 1. The lowest BCUT2D eigenvalue weighted by molar-refractivity contribution is 0.0696. The molecule has 6 heteroatoms. The third-order valence-corrected chi connectivity index (χ3v) is 3.90. The Labute approximate surface area is 134 Å². The lowest BCUT2D eigenvalue weighted by Crippen LogP contribution is -2.27. The highest BCUT2D eigenvalue weighted by Gasteiger charge is 2.20. The van der Waals surface area contributed by atoms with E-state index in [1.807, 2.05) is 20.8 Å². The summed E-state index contributed by atoms with van der Waals surface area (Å²) in [6, 6.07) is 1.53. The highest BCUT2D eigenvalue weighted by molar-refractivity contribution is 5.91. The van der Waals surface area contributed by atoms with Gasteiger partial charge in [0.1, 0.15) is 0 Å². The number of fused-ring (bicyclic) bond motifs is 1. The highest BCUT2D eigenvalue weighted by atomic mass is 16.4. The average Bonchev–Trinajstić information content (AvgIpc) is 2.81. The van der Waals surface area contributed by atoms with Crippen LogP contribution in [0.5, 0.6) is 0 Å². The minimum atomic E-state index is -1.06. The fourth-order valence-electron chi connectivity index (χ4n) is 2.67. The van der Waals surface area contributed by atoms with Crippen LogP contribution in [0.3, 0.4) is 0 Å². The Kier molecular flexibility index (Phi) is 5.22. The van der Waals surface area contributed by atoms with E-state index in [9.17, 15) is 9.59 Å². The highest BCUT2D eigenvalue weighted by Crippen LogP contribution is 2.21. The second kappa shape index (κ2) is 7.14. The van der Waals surface area contributed by atoms with E-state index >= 15 is 0 Å². The third-order valence-electron chi connectivity index (χ3n) is 3.90. The summed E-state index contributed by atoms with van der Waals surface area (Å²) in [6.45, 7) is 6.22. The maximum Gasteiger partial charge on any atom is 0.337 e. The van der Waals surface area contributed by atoms with Crippen LogP contribution in [0.2, 0.25) is 0 Å². The van der Waals surface area contributed by atoms with E-state index in [-0.39, 0.29) is 23.8 Å². The van der Waals surface area contributed by atoms with Crippen LogP contribution in [-0.4, -0.2) is 25.2 Å². The fourth-order valence-corrected chi connectivity index (χ4v) is 2.67. The Morgan fingerprint density at radius 1 is 1.30 bits per heavy atom. The van der Waals surface area contributed by atoms with Crippen LogP contribution in [0.1, 0.15) is 56.4 Å². The van der Waals surface area contributed by atoms with Gasteiger partial charge in [0, 0.05) is 18.7 Å². The third kappa shape index (κ3) is 3.14. The normalized spacial score (nSPS) is 10.8. The molecule has 0 aliphatic heterocycles. The van der Waals surface area contributed by atoms with E-state index in [0.717, 1.165) is 12.8 Å². The van der Waals surface area contributed by atoms with Gasteiger partial charge in [0.15, 0.2) is 5.65 Å². The predicted molar refractivity (Wildman–Crippen MR) is 88.6 cm³/mol. The molecule has 2 aromatic heterocycles. The minimum absolute atomic E-state index is 0.0357. The zero-order chi connectivity index (χ0) is 17.0. The van der Waals surface area contributed by atoms with E-state index in [2.05, 4.69) is 16.8 Å². The van der Waals surface area contributed by atoms with Gasteiger partial charge in [-0.1, -0.05) is 26.7 Å². The summed E-state index contributed by atoms with van der Waals surface area (Å²) in [4.78, 5) is 28.2. The number of aromatic nitrogens is 3. The van der Waals surface area contributed by atoms with Gasteiger partial charge in [-0.3, -0.25) is 9.13 Å². The van der Waals surface area contributed by atoms with Gasteiger partial charge < -0.3 is 5.11 Å². The van der Waals surface area contributed by atoms with Crippen molar-refractivity contribution in [3.05, 3.63) is 28.3 Å². The summed E-state index contributed by atoms with van der Waals surface area (Å²) in [5, 5.41) is 9.16. The molecule has 0 spiro atoms. The molecule has 0 bridgehead atoms. The lowest BCUT2D eigenvalue weighted by Gasteiger charge is -2.13. The Hall–Kier alpha value is -2.55. The Morgan fingerprint density at radius 2 is 2.00 bits per heavy atom. The van der Waals surface area contributed by atoms with Crippen LogP contribution in [0.15, 0.2) is 17.1 Å². The van der Waals surface area contributed by atoms with E-state index < -0.39 is 5.97 Å². The molecule has 0 aliphatic rings. The standard InChI is InChI=1S/C17H21N3O3/c1-4-7-8-9-19-14-10-12(16(21)22)11-18-15(14)20(17(19)23)13(5-2)6-3/h10-11,13H,4-6,9H2,1-3H3,(H,21,22). The van der Waals surface area contributed by atoms with Crippen molar-refractivity contribution in [2.75, 3.05) is 0 Å². The maximum absolute atomic E-state index is 12.8. The second-order valence-electron chi connectivity index (χ2n) is 5.29. The molecule has 0 radical (unpaired) electrons. The average molecular weight is 315 g/mol. The number of rotatable bonds is 5. The first-order valence-corrected chi connectivity index (χ1v) is 7.84. The van der Waals surface area contributed by atoms with Crippen molar-refractivity contribution in [1.29, 1.82) is 0 Å². The Bertz CT molecular complexity index is 832. The van der Waals surface area contributed by atoms with Gasteiger partial charge in [0.25, 0.3) is 0 Å². The van der Waals surface area contributed by atoms with E-state index in [0.29, 0.717) is 17.6 Å². The summed E-state index contributed by atoms with van der Waals surface area (Å²) in [5.41, 5.74) is 0.921. The van der Waals surface area contributed by atoms with Gasteiger partial charge in [-0.25, -0.2) is 14.6 Å². The summed E-state index contributed by atoms with van der Waals surface area (Å²) >= 11 is 0. The number of pyridine rings is 1. The molecule has 1 N–H and O–H groups in total. The van der Waals surface area contributed by atoms with Gasteiger partial charge in [0.05, 0.1) is 17.6 Å². The SMILES string of the molecule is CCC#CCn1c(=O)n(C(CC)CC)c2ncc(C(=O)O)cc21. The zero-order valence-corrected chi connectivity index (χ0v) is 13.7. The first kappa shape index (κ1) is 16.8. The largest absolute Gasteiger partial charge is 0.478 e. The predicted octanol–water partition coefficient (Wildman–Crippen LogP) is 2.67. The van der Waals surface area contributed by atoms with Crippen molar-refractivity contribution in [2.45, 2.75) is 52.6 Å². The first-order chi connectivity index (χ1) is 11.0. The monoisotopic (exact) mass is 315 g/mol. The summed E-state index contributed by atoms with van der Waals surface area (Å²) in [5.74, 6) is 4.82. The summed E-state index contributed by atoms with van der Waals surface area (Å²) in [7, 11) is 0. The molecule has 6 nitrogen and oxygen atoms in total. The van der Waals surface area contributed by atoms with Crippen LogP contribution in [0, 0.1) is 11.8 Å². The molecule has 0 unspecified atom stereocenters. The topological polar surface area (TPSA) is 77.1 Å². The molecule has 0 saturated heterocycles. The van der Waals surface area contributed by atoms with Crippen molar-refractivity contribution >= 4 is 17.1 Å². The molecule has 0 fully saturated rings. The molecule has 0 saturated carbocycles. The number of hydrogen-bond acceptors (Lipinski definition) is 3. The molecule has 2 heterocycles. The van der Waals surface area contributed by atoms with Crippen LogP contribution >= 0.6 is 0 Å². The molecule has 0 aliphatic carbocycles. The number of imidazole rings is 1. The van der Waals surface area contributed by atoms with Gasteiger partial charge in [-0.15, -0.1) is 5.92 Å². The molecule has 23 heavy (non-hydrogen) atoms. The smallest absolute Gasteiger partial charge is 0.337 e. The molecule has 122 valence electrons. The van der Waals surface area contributed by atoms with E-state index in [1.165, 1.54) is 16.8 Å². The van der Waals surface area contributed by atoms with Crippen LogP contribution in [0.4, 0.5) is 0 Å². The van der Waals surface area contributed by atoms with Gasteiger partial charge >= 0.3 is 11.7 Å². The number of nitrogens with zero attached hydrogens (tertiary/aromatic N) is 3. The molecule has 2 aromatic rings. The van der Waals surface area contributed by atoms with Crippen molar-refractivity contribution in [2.24, 2.45) is 0 Å². The Balaban J connectivity index is 2.74. The van der Waals surface area contributed by atoms with Gasteiger partial charge in [-0.05, 0) is 18.9 Å². The molecule has 0 amide bonds. The number of hydrogen-bond donors (Lipinski definition) is 1. The quantitative estimate of drug-likeness (QED) is 0.861. The minimum Gasteiger partial charge on any atom is -0.478 e. The van der Waals surface area contributed by atoms with Crippen molar-refractivity contribution in [3.63, 3.8) is 0 Å². The molecular formula is C17H21N3O3. The summed E-state index contributed by atoms with van der Waals surface area (Å²) in [6.07, 6.45) is 3.61. The second-order valence-corrected chi connectivity index (χ2v) is 5.29. The molecule has 0 atom stereocenters. The fraction of sp³-hybridized carbons (Fsp3) is 0.471. The lowest BCUT2D eigenvalue weighted by atomic mass is 10.1. The maximum atomic E-state index is 12.8. The van der Waals surface area contributed by atoms with Crippen LogP contribution < -0.4 is 5.69 Å². The zero-order valence-electron chi connectivity index (χ0n) is 13.7. The summed E-state index contributed by atoms with van der Waals surface area (Å²) < 4.78 is 3.17. The number of carboxylic acids is 1. The number of carbonyl (C=O) groups is 1. The Morgan fingerprint density at radius 3 is 2.57 bits per heavy atom. The van der Waals surface area contributed by atoms with E-state index in [1.54, 1.807) is 4.57 Å².